The van der Waals surface area contributed by atoms with Gasteiger partial charge in [0.2, 0.25) is 0 Å². The lowest BCUT2D eigenvalue weighted by Crippen LogP contribution is -2.38. The number of carbonyl (C=O) groups is 1. The molecule has 5 rings (SSSR count). The molecule has 2 bridgehead atoms. The molecule has 4 heterocycles. The summed E-state index contributed by atoms with van der Waals surface area (Å²) in [4.78, 5) is 17.8. The number of carbonyl (C=O) groups excluding carboxylic acids is 1. The molecule has 1 aromatic carbocycles. The molecule has 0 amide bonds. The average Bonchev–Trinajstić information content (AvgIpc) is 2.89. The first-order chi connectivity index (χ1) is 9.29. The molecule has 4 heteroatoms. The van der Waals surface area contributed by atoms with Gasteiger partial charge in [-0.05, 0) is 24.8 Å². The highest BCUT2D eigenvalue weighted by molar-refractivity contribution is 6.09. The summed E-state index contributed by atoms with van der Waals surface area (Å²) in [7, 11) is 0. The number of rotatable bonds is 2. The fourth-order valence-corrected chi connectivity index (χ4v) is 3.62. The van der Waals surface area contributed by atoms with Crippen molar-refractivity contribution in [3.63, 3.8) is 0 Å². The number of nitrogens with zero attached hydrogens (tertiary/aromatic N) is 1. The van der Waals surface area contributed by atoms with Crippen LogP contribution in [0.1, 0.15) is 34.7 Å². The van der Waals surface area contributed by atoms with Gasteiger partial charge < -0.3 is 15.6 Å². The van der Waals surface area contributed by atoms with Crippen molar-refractivity contribution in [2.45, 2.75) is 18.8 Å². The van der Waals surface area contributed by atoms with Gasteiger partial charge >= 0.3 is 0 Å². The Labute approximate surface area is 111 Å². The van der Waals surface area contributed by atoms with Gasteiger partial charge in [0.25, 0.3) is 0 Å². The summed E-state index contributed by atoms with van der Waals surface area (Å²) in [5.74, 6) is 1.89. The Morgan fingerprint density at radius 3 is 2.89 bits per heavy atom. The van der Waals surface area contributed by atoms with Crippen molar-refractivity contribution in [1.82, 2.24) is 4.98 Å². The van der Waals surface area contributed by atoms with Gasteiger partial charge in [0.1, 0.15) is 5.82 Å². The monoisotopic (exact) mass is 255 g/mol. The second-order valence-corrected chi connectivity index (χ2v) is 5.50. The summed E-state index contributed by atoms with van der Waals surface area (Å²) in [5, 5.41) is 1.21. The van der Waals surface area contributed by atoms with Crippen LogP contribution >= 0.6 is 0 Å². The van der Waals surface area contributed by atoms with Crippen LogP contribution in [0.5, 0.6) is 0 Å². The lowest BCUT2D eigenvalue weighted by atomic mass is 9.84. The first-order valence-electron chi connectivity index (χ1n) is 6.92. The Morgan fingerprint density at radius 1 is 1.37 bits per heavy atom. The van der Waals surface area contributed by atoms with Crippen molar-refractivity contribution in [1.29, 1.82) is 0 Å². The first-order valence-corrected chi connectivity index (χ1v) is 6.92. The largest absolute Gasteiger partial charge is 0.358 e. The van der Waals surface area contributed by atoms with Crippen LogP contribution in [0, 0.1) is 0 Å². The lowest BCUT2D eigenvalue weighted by molar-refractivity contribution is 0.100. The molecule has 0 spiro atoms. The zero-order valence-electron chi connectivity index (χ0n) is 10.8. The molecule has 0 unspecified atom stereocenters. The number of hydrogen-bond acceptors (Lipinski definition) is 3. The molecule has 1 saturated heterocycles. The molecule has 1 fully saturated rings. The number of piperidine rings is 1. The zero-order valence-corrected chi connectivity index (χ0v) is 10.8. The molecule has 0 atom stereocenters. The molecule has 98 valence electrons. The minimum atomic E-state index is 0.00606. The maximum absolute atomic E-state index is 12.0. The van der Waals surface area contributed by atoms with Crippen molar-refractivity contribution < 1.29 is 4.79 Å². The number of aromatic amines is 1. The number of para-hydroxylation sites is 1. The fourth-order valence-electron chi connectivity index (χ4n) is 3.62. The maximum atomic E-state index is 12.0. The van der Waals surface area contributed by atoms with E-state index in [1.54, 1.807) is 0 Å². The molecule has 3 aliphatic heterocycles. The number of hydrogen-bond donors (Lipinski definition) is 2. The van der Waals surface area contributed by atoms with Crippen LogP contribution in [0.15, 0.2) is 18.2 Å². The quantitative estimate of drug-likeness (QED) is 0.807. The summed E-state index contributed by atoms with van der Waals surface area (Å²) < 4.78 is 0. The van der Waals surface area contributed by atoms with E-state index in [2.05, 4.69) is 16.0 Å². The van der Waals surface area contributed by atoms with Gasteiger partial charge in [0.15, 0.2) is 5.78 Å². The van der Waals surface area contributed by atoms with Crippen molar-refractivity contribution in [2.24, 2.45) is 5.73 Å². The van der Waals surface area contributed by atoms with E-state index in [4.69, 9.17) is 5.73 Å². The average molecular weight is 255 g/mol. The third-order valence-electron chi connectivity index (χ3n) is 4.56. The fraction of sp³-hybridized carbons (Fsp3) is 0.400. The highest BCUT2D eigenvalue weighted by Crippen LogP contribution is 2.46. The van der Waals surface area contributed by atoms with E-state index in [-0.39, 0.29) is 12.3 Å². The molecule has 2 aromatic rings. The second kappa shape index (κ2) is 3.84. The number of fused-ring (bicyclic) bond motifs is 3. The number of Topliss-reactive ketones (excluding diaryl/α,β-unsaturated/α-hetero) is 1. The van der Waals surface area contributed by atoms with Crippen LogP contribution in [-0.2, 0) is 0 Å². The molecule has 3 N–H and O–H groups in total. The Bertz CT molecular complexity index is 665. The van der Waals surface area contributed by atoms with Crippen molar-refractivity contribution in [3.05, 3.63) is 29.3 Å². The van der Waals surface area contributed by atoms with E-state index in [0.717, 1.165) is 24.2 Å². The van der Waals surface area contributed by atoms with Crippen LogP contribution in [0.2, 0.25) is 0 Å². The SMILES string of the molecule is NCC(=O)c1cccc2c3c([nH]c12)N1CCC3CC1. The summed E-state index contributed by atoms with van der Waals surface area (Å²) in [5.41, 5.74) is 8.63. The summed E-state index contributed by atoms with van der Waals surface area (Å²) >= 11 is 0. The molecular weight excluding hydrogens is 238 g/mol. The summed E-state index contributed by atoms with van der Waals surface area (Å²) in [6.07, 6.45) is 2.46. The van der Waals surface area contributed by atoms with Crippen molar-refractivity contribution >= 4 is 22.5 Å². The number of nitrogens with two attached hydrogens (primary N) is 1. The van der Waals surface area contributed by atoms with Crippen LogP contribution in [0.3, 0.4) is 0 Å². The van der Waals surface area contributed by atoms with Gasteiger partial charge in [0, 0.05) is 29.6 Å². The van der Waals surface area contributed by atoms with E-state index in [1.165, 1.54) is 29.6 Å². The van der Waals surface area contributed by atoms with Crippen LogP contribution in [-0.4, -0.2) is 30.4 Å². The smallest absolute Gasteiger partial charge is 0.178 e. The molecule has 19 heavy (non-hydrogen) atoms. The zero-order chi connectivity index (χ0) is 13.0. The standard InChI is InChI=1S/C15H17N3O/c16-8-12(19)10-2-1-3-11-13-9-4-6-18(7-5-9)15(13)17-14(10)11/h1-3,9,17H,4-8,16H2. The number of benzene rings is 1. The van der Waals surface area contributed by atoms with Gasteiger partial charge in [-0.1, -0.05) is 12.1 Å². The maximum Gasteiger partial charge on any atom is 0.178 e. The van der Waals surface area contributed by atoms with Gasteiger partial charge in [-0.15, -0.1) is 0 Å². The number of anilines is 1. The Hall–Kier alpha value is -1.81. The Balaban J connectivity index is 2.01. The molecule has 0 saturated carbocycles. The molecule has 1 aromatic heterocycles. The van der Waals surface area contributed by atoms with Gasteiger partial charge in [-0.3, -0.25) is 4.79 Å². The van der Waals surface area contributed by atoms with E-state index in [0.29, 0.717) is 5.92 Å². The lowest BCUT2D eigenvalue weighted by Gasteiger charge is -2.40. The van der Waals surface area contributed by atoms with Crippen LogP contribution < -0.4 is 10.6 Å². The number of nitrogens with one attached hydrogen (secondary N) is 1. The Kier molecular flexibility index (Phi) is 2.23. The predicted octanol–water partition coefficient (Wildman–Crippen LogP) is 2.01. The second-order valence-electron chi connectivity index (χ2n) is 5.50. The number of ketones is 1. The van der Waals surface area contributed by atoms with Crippen molar-refractivity contribution in [2.75, 3.05) is 24.5 Å². The summed E-state index contributed by atoms with van der Waals surface area (Å²) in [6, 6.07) is 5.97. The normalized spacial score (nSPS) is 18.1. The predicted molar refractivity (Wildman–Crippen MR) is 75.9 cm³/mol. The molecular formula is C15H17N3O. The Morgan fingerprint density at radius 2 is 2.16 bits per heavy atom. The van der Waals surface area contributed by atoms with E-state index < -0.39 is 0 Å². The van der Waals surface area contributed by atoms with E-state index >= 15 is 0 Å². The van der Waals surface area contributed by atoms with Crippen LogP contribution in [0.25, 0.3) is 10.9 Å². The minimum absolute atomic E-state index is 0.00606. The van der Waals surface area contributed by atoms with E-state index in [1.807, 2.05) is 12.1 Å². The summed E-state index contributed by atoms with van der Waals surface area (Å²) in [6.45, 7) is 2.32. The number of H-pyrrole nitrogens is 1. The molecule has 0 aliphatic carbocycles. The third-order valence-corrected chi connectivity index (χ3v) is 4.56. The third kappa shape index (κ3) is 1.40. The van der Waals surface area contributed by atoms with E-state index in [9.17, 15) is 4.79 Å². The first kappa shape index (κ1) is 11.1. The highest BCUT2D eigenvalue weighted by atomic mass is 16.1. The number of aromatic nitrogens is 1. The topological polar surface area (TPSA) is 62.1 Å². The van der Waals surface area contributed by atoms with Gasteiger partial charge in [-0.2, -0.15) is 0 Å². The van der Waals surface area contributed by atoms with Gasteiger partial charge in [0.05, 0.1) is 12.1 Å². The minimum Gasteiger partial charge on any atom is -0.358 e. The molecule has 0 radical (unpaired) electrons. The molecule has 4 nitrogen and oxygen atoms in total. The highest BCUT2D eigenvalue weighted by Gasteiger charge is 2.34. The van der Waals surface area contributed by atoms with Gasteiger partial charge in [-0.25, -0.2) is 0 Å². The van der Waals surface area contributed by atoms with Crippen LogP contribution in [0.4, 0.5) is 5.82 Å². The van der Waals surface area contributed by atoms with Crippen molar-refractivity contribution in [3.8, 4) is 0 Å². The molecule has 3 aliphatic rings.